The molecule has 32 heavy (non-hydrogen) atoms. The van der Waals surface area contributed by atoms with Gasteiger partial charge in [0.05, 0.1) is 12.5 Å². The van der Waals surface area contributed by atoms with Gasteiger partial charge in [-0.05, 0) is 42.5 Å². The average Bonchev–Trinajstić information content (AvgIpc) is 3.59. The van der Waals surface area contributed by atoms with E-state index in [1.165, 1.54) is 0 Å². The molecule has 4 aromatic rings. The van der Waals surface area contributed by atoms with Gasteiger partial charge in [0.2, 0.25) is 0 Å². The molecule has 160 valence electrons. The maximum absolute atomic E-state index is 6.25. The quantitative estimate of drug-likeness (QED) is 0.286. The highest BCUT2D eigenvalue weighted by atomic mass is 35.5. The second-order valence-electron chi connectivity index (χ2n) is 7.10. The molecular formula is C25H19ClN2O3S. The van der Waals surface area contributed by atoms with E-state index >= 15 is 0 Å². The Bertz CT molecular complexity index is 1240. The Balaban J connectivity index is 1.35. The van der Waals surface area contributed by atoms with Gasteiger partial charge in [-0.15, -0.1) is 0 Å². The second kappa shape index (κ2) is 9.51. The van der Waals surface area contributed by atoms with Gasteiger partial charge in [0, 0.05) is 22.4 Å². The molecule has 0 spiro atoms. The van der Waals surface area contributed by atoms with E-state index in [1.54, 1.807) is 30.5 Å². The van der Waals surface area contributed by atoms with Crippen LogP contribution in [0.5, 0.6) is 5.75 Å². The van der Waals surface area contributed by atoms with Crippen LogP contribution in [0.4, 0.5) is 0 Å². The monoisotopic (exact) mass is 462 g/mol. The molecule has 3 heterocycles. The molecular weight excluding hydrogens is 444 g/mol. The Morgan fingerprint density at radius 2 is 1.69 bits per heavy atom. The number of furan rings is 2. The third kappa shape index (κ3) is 4.52. The number of hydrogen-bond acceptors (Lipinski definition) is 6. The standard InChI is InChI=1S/C25H19ClN2O3S/c26-19-9-3-1-8-18(19)16-31-20-10-4-2-7-17(20)15-27-25-28-23(21-11-5-13-29-21)24(32-25)22-12-6-14-30-22/h1-15,23-24H,16H2/t23-,24+/m0/s1. The molecule has 5 rings (SSSR count). The van der Waals surface area contributed by atoms with Crippen LogP contribution >= 0.6 is 23.4 Å². The number of aliphatic imine (C=N–C) groups is 2. The van der Waals surface area contributed by atoms with Crippen molar-refractivity contribution in [3.05, 3.63) is 113 Å². The van der Waals surface area contributed by atoms with Crippen LogP contribution < -0.4 is 4.74 Å². The molecule has 2 aromatic heterocycles. The topological polar surface area (TPSA) is 60.2 Å². The van der Waals surface area contributed by atoms with Gasteiger partial charge in [-0.1, -0.05) is 53.7 Å². The molecule has 7 heteroatoms. The van der Waals surface area contributed by atoms with E-state index in [9.17, 15) is 0 Å². The molecule has 0 radical (unpaired) electrons. The van der Waals surface area contributed by atoms with Crippen molar-refractivity contribution >= 4 is 34.7 Å². The third-order valence-corrected chi connectivity index (χ3v) is 6.54. The SMILES string of the molecule is Clc1ccccc1COc1ccccc1C=NC1=N[C@@H](c2ccco2)[C@@H](c2ccco2)S1. The highest BCUT2D eigenvalue weighted by molar-refractivity contribution is 8.14. The van der Waals surface area contributed by atoms with E-state index in [2.05, 4.69) is 4.99 Å². The highest BCUT2D eigenvalue weighted by Crippen LogP contribution is 2.49. The van der Waals surface area contributed by atoms with E-state index in [0.29, 0.717) is 16.8 Å². The molecule has 0 bridgehead atoms. The van der Waals surface area contributed by atoms with Crippen LogP contribution in [0.2, 0.25) is 5.02 Å². The van der Waals surface area contributed by atoms with Gasteiger partial charge in [-0.3, -0.25) is 0 Å². The number of nitrogens with zero attached hydrogens (tertiary/aromatic N) is 2. The molecule has 0 fully saturated rings. The fourth-order valence-corrected chi connectivity index (χ4v) is 4.69. The highest BCUT2D eigenvalue weighted by Gasteiger charge is 2.36. The molecule has 0 amide bonds. The Morgan fingerprint density at radius 1 is 0.938 bits per heavy atom. The van der Waals surface area contributed by atoms with Crippen molar-refractivity contribution in [3.8, 4) is 5.75 Å². The predicted molar refractivity (Wildman–Crippen MR) is 128 cm³/mol. The first-order valence-corrected chi connectivity index (χ1v) is 11.3. The molecule has 1 aliphatic rings. The van der Waals surface area contributed by atoms with E-state index in [0.717, 1.165) is 28.4 Å². The fraction of sp³-hybridized carbons (Fsp3) is 0.120. The van der Waals surface area contributed by atoms with Crippen molar-refractivity contribution in [2.75, 3.05) is 0 Å². The number of hydrogen-bond donors (Lipinski definition) is 0. The maximum atomic E-state index is 6.25. The molecule has 0 unspecified atom stereocenters. The minimum atomic E-state index is -0.194. The number of halogens is 1. The first-order valence-electron chi connectivity index (χ1n) is 10.1. The number of ether oxygens (including phenoxy) is 1. The Hall–Kier alpha value is -3.22. The zero-order valence-corrected chi connectivity index (χ0v) is 18.5. The first kappa shape index (κ1) is 20.7. The van der Waals surface area contributed by atoms with Crippen molar-refractivity contribution in [2.24, 2.45) is 9.98 Å². The number of benzene rings is 2. The van der Waals surface area contributed by atoms with Gasteiger partial charge in [-0.2, -0.15) is 0 Å². The summed E-state index contributed by atoms with van der Waals surface area (Å²) in [7, 11) is 0. The van der Waals surface area contributed by atoms with Crippen molar-refractivity contribution in [3.63, 3.8) is 0 Å². The van der Waals surface area contributed by atoms with E-state index in [-0.39, 0.29) is 11.3 Å². The number of amidine groups is 1. The van der Waals surface area contributed by atoms with Crippen LogP contribution in [0.1, 0.15) is 33.9 Å². The molecule has 0 aliphatic carbocycles. The fourth-order valence-electron chi connectivity index (χ4n) is 3.41. The van der Waals surface area contributed by atoms with Crippen LogP contribution in [0.3, 0.4) is 0 Å². The van der Waals surface area contributed by atoms with Crippen LogP contribution in [0.15, 0.2) is 104 Å². The van der Waals surface area contributed by atoms with Gasteiger partial charge >= 0.3 is 0 Å². The van der Waals surface area contributed by atoms with Gasteiger partial charge in [0.25, 0.3) is 0 Å². The summed E-state index contributed by atoms with van der Waals surface area (Å²) < 4.78 is 17.3. The van der Waals surface area contributed by atoms with Crippen LogP contribution in [-0.4, -0.2) is 11.4 Å². The maximum Gasteiger partial charge on any atom is 0.184 e. The number of para-hydroxylation sites is 1. The minimum Gasteiger partial charge on any atom is -0.488 e. The Morgan fingerprint density at radius 3 is 2.47 bits per heavy atom. The van der Waals surface area contributed by atoms with Crippen molar-refractivity contribution in [2.45, 2.75) is 17.9 Å². The minimum absolute atomic E-state index is 0.0324. The summed E-state index contributed by atoms with van der Waals surface area (Å²) in [6, 6.07) is 22.8. The first-order chi connectivity index (χ1) is 15.8. The predicted octanol–water partition coefficient (Wildman–Crippen LogP) is 7.11. The Kier molecular flexibility index (Phi) is 6.14. The van der Waals surface area contributed by atoms with Crippen molar-refractivity contribution in [1.82, 2.24) is 0 Å². The summed E-state index contributed by atoms with van der Waals surface area (Å²) in [4.78, 5) is 9.43. The van der Waals surface area contributed by atoms with Crippen LogP contribution in [0.25, 0.3) is 0 Å². The van der Waals surface area contributed by atoms with E-state index < -0.39 is 0 Å². The molecule has 0 saturated heterocycles. The summed E-state index contributed by atoms with van der Waals surface area (Å²) in [5.74, 6) is 2.35. The molecule has 2 aromatic carbocycles. The van der Waals surface area contributed by atoms with Gasteiger partial charge in [0.1, 0.15) is 35.2 Å². The molecule has 5 nitrogen and oxygen atoms in total. The van der Waals surface area contributed by atoms with Gasteiger partial charge in [0.15, 0.2) is 5.17 Å². The van der Waals surface area contributed by atoms with Crippen molar-refractivity contribution in [1.29, 1.82) is 0 Å². The summed E-state index contributed by atoms with van der Waals surface area (Å²) >= 11 is 7.80. The van der Waals surface area contributed by atoms with E-state index in [4.69, 9.17) is 30.2 Å². The second-order valence-corrected chi connectivity index (χ2v) is 8.62. The Labute approximate surface area is 194 Å². The lowest BCUT2D eigenvalue weighted by atomic mass is 10.1. The lowest BCUT2D eigenvalue weighted by Crippen LogP contribution is -2.00. The van der Waals surface area contributed by atoms with Crippen LogP contribution in [-0.2, 0) is 6.61 Å². The average molecular weight is 463 g/mol. The number of rotatable bonds is 6. The zero-order valence-electron chi connectivity index (χ0n) is 16.9. The molecule has 0 saturated carbocycles. The van der Waals surface area contributed by atoms with Gasteiger partial charge < -0.3 is 13.6 Å². The lowest BCUT2D eigenvalue weighted by Gasteiger charge is -2.11. The zero-order chi connectivity index (χ0) is 21.8. The van der Waals surface area contributed by atoms with E-state index in [1.807, 2.05) is 72.8 Å². The summed E-state index contributed by atoms with van der Waals surface area (Å²) in [6.45, 7) is 0.376. The number of thioether (sulfide) groups is 1. The summed E-state index contributed by atoms with van der Waals surface area (Å²) in [5.41, 5.74) is 1.79. The molecule has 2 atom stereocenters. The third-order valence-electron chi connectivity index (χ3n) is 5.00. The summed E-state index contributed by atoms with van der Waals surface area (Å²) in [5, 5.41) is 1.31. The largest absolute Gasteiger partial charge is 0.488 e. The van der Waals surface area contributed by atoms with Crippen molar-refractivity contribution < 1.29 is 13.6 Å². The summed E-state index contributed by atoms with van der Waals surface area (Å²) in [6.07, 6.45) is 5.10. The normalized spacial score (nSPS) is 18.2. The molecule has 0 N–H and O–H groups in total. The van der Waals surface area contributed by atoms with Gasteiger partial charge in [-0.25, -0.2) is 9.98 Å². The smallest absolute Gasteiger partial charge is 0.184 e. The lowest BCUT2D eigenvalue weighted by molar-refractivity contribution is 0.306. The van der Waals surface area contributed by atoms with Crippen LogP contribution in [0, 0.1) is 0 Å². The molecule has 1 aliphatic heterocycles.